The summed E-state index contributed by atoms with van der Waals surface area (Å²) in [5.41, 5.74) is 6.23. The summed E-state index contributed by atoms with van der Waals surface area (Å²) in [4.78, 5) is 22.2. The van der Waals surface area contributed by atoms with Gasteiger partial charge in [-0.25, -0.2) is 0 Å². The van der Waals surface area contributed by atoms with Gasteiger partial charge >= 0.3 is 0 Å². The Morgan fingerprint density at radius 3 is 2.92 bits per heavy atom. The van der Waals surface area contributed by atoms with Gasteiger partial charge in [-0.2, -0.15) is 0 Å². The monoisotopic (exact) mass is 345 g/mol. The van der Waals surface area contributed by atoms with E-state index >= 15 is 0 Å². The summed E-state index contributed by atoms with van der Waals surface area (Å²) in [6.45, 7) is 1.47. The van der Waals surface area contributed by atoms with E-state index in [2.05, 4.69) is 23.2 Å². The van der Waals surface area contributed by atoms with Gasteiger partial charge in [-0.05, 0) is 42.3 Å². The zero-order chi connectivity index (χ0) is 17.7. The number of aromatic nitrogens is 1. The number of rotatable bonds is 3. The predicted molar refractivity (Wildman–Crippen MR) is 102 cm³/mol. The summed E-state index contributed by atoms with van der Waals surface area (Å²) < 4.78 is 5.47. The van der Waals surface area contributed by atoms with Gasteiger partial charge in [0, 0.05) is 35.1 Å². The topological polar surface area (TPSA) is 57.7 Å². The molecule has 5 rings (SSSR count). The standard InChI is InChI=1S/C21H19N3O2/c1-26-19-5-2-4-17-16(19)11-18(23-17)21-15-10-14(8-7-13(15)12-22-21)24-9-3-6-20(24)25/h2,4-5,7-8,10-11,23H,3,6,9,12H2,1H3. The highest BCUT2D eigenvalue weighted by Crippen LogP contribution is 2.32. The van der Waals surface area contributed by atoms with Crippen molar-refractivity contribution in [2.24, 2.45) is 4.99 Å². The van der Waals surface area contributed by atoms with Crippen LogP contribution >= 0.6 is 0 Å². The van der Waals surface area contributed by atoms with Crippen molar-refractivity contribution in [1.29, 1.82) is 0 Å². The fraction of sp³-hybridized carbons (Fsp3) is 0.238. The van der Waals surface area contributed by atoms with Crippen molar-refractivity contribution in [3.05, 3.63) is 59.3 Å². The molecule has 5 heteroatoms. The maximum absolute atomic E-state index is 12.1. The zero-order valence-corrected chi connectivity index (χ0v) is 14.6. The average molecular weight is 345 g/mol. The third kappa shape index (κ3) is 2.24. The number of amides is 1. The Morgan fingerprint density at radius 2 is 2.12 bits per heavy atom. The number of carbonyl (C=O) groups excluding carboxylic acids is 1. The van der Waals surface area contributed by atoms with E-state index in [1.807, 2.05) is 29.2 Å². The second-order valence-electron chi connectivity index (χ2n) is 6.76. The van der Waals surface area contributed by atoms with E-state index in [-0.39, 0.29) is 5.91 Å². The first kappa shape index (κ1) is 15.2. The molecule has 1 saturated heterocycles. The number of carbonyl (C=O) groups is 1. The Hall–Kier alpha value is -3.08. The molecule has 1 amide bonds. The van der Waals surface area contributed by atoms with Crippen LogP contribution in [0.5, 0.6) is 5.75 Å². The number of aliphatic imine (C=N–C) groups is 1. The van der Waals surface area contributed by atoms with Gasteiger partial charge in [0.05, 0.1) is 25.1 Å². The predicted octanol–water partition coefficient (Wildman–Crippen LogP) is 3.65. The van der Waals surface area contributed by atoms with Crippen LogP contribution in [0, 0.1) is 0 Å². The molecule has 0 spiro atoms. The van der Waals surface area contributed by atoms with Crippen LogP contribution in [0.3, 0.4) is 0 Å². The lowest BCUT2D eigenvalue weighted by atomic mass is 10.0. The molecule has 2 aliphatic heterocycles. The van der Waals surface area contributed by atoms with Gasteiger partial charge in [-0.15, -0.1) is 0 Å². The average Bonchev–Trinajstić information content (AvgIpc) is 3.37. The number of aromatic amines is 1. The van der Waals surface area contributed by atoms with Crippen LogP contribution in [0.1, 0.15) is 29.7 Å². The van der Waals surface area contributed by atoms with Crippen molar-refractivity contribution in [2.45, 2.75) is 19.4 Å². The molecule has 0 atom stereocenters. The van der Waals surface area contributed by atoms with E-state index in [0.717, 1.165) is 52.3 Å². The number of ether oxygens (including phenoxy) is 1. The molecule has 130 valence electrons. The van der Waals surface area contributed by atoms with Crippen molar-refractivity contribution in [3.63, 3.8) is 0 Å². The molecule has 0 unspecified atom stereocenters. The summed E-state index contributed by atoms with van der Waals surface area (Å²) in [6.07, 6.45) is 1.57. The number of fused-ring (bicyclic) bond motifs is 2. The summed E-state index contributed by atoms with van der Waals surface area (Å²) in [5, 5.41) is 1.05. The summed E-state index contributed by atoms with van der Waals surface area (Å²) in [7, 11) is 1.68. The number of nitrogens with one attached hydrogen (secondary N) is 1. The van der Waals surface area contributed by atoms with Gasteiger partial charge in [-0.1, -0.05) is 12.1 Å². The highest BCUT2D eigenvalue weighted by atomic mass is 16.5. The van der Waals surface area contributed by atoms with Crippen LogP contribution in [0.15, 0.2) is 47.5 Å². The highest BCUT2D eigenvalue weighted by molar-refractivity contribution is 6.16. The van der Waals surface area contributed by atoms with Crippen molar-refractivity contribution in [1.82, 2.24) is 4.98 Å². The molecule has 1 aromatic heterocycles. The quantitative estimate of drug-likeness (QED) is 0.788. The fourth-order valence-electron chi connectivity index (χ4n) is 3.92. The first-order valence-corrected chi connectivity index (χ1v) is 8.89. The van der Waals surface area contributed by atoms with Gasteiger partial charge in [0.1, 0.15) is 5.75 Å². The van der Waals surface area contributed by atoms with Crippen molar-refractivity contribution >= 4 is 28.2 Å². The lowest BCUT2D eigenvalue weighted by Gasteiger charge is -2.17. The van der Waals surface area contributed by atoms with Crippen LogP contribution in [0.25, 0.3) is 10.9 Å². The number of nitrogens with zero attached hydrogens (tertiary/aromatic N) is 2. The highest BCUT2D eigenvalue weighted by Gasteiger charge is 2.25. The minimum Gasteiger partial charge on any atom is -0.496 e. The third-order valence-electron chi connectivity index (χ3n) is 5.24. The molecule has 2 aliphatic rings. The molecule has 3 aromatic rings. The number of hydrogen-bond acceptors (Lipinski definition) is 3. The SMILES string of the molecule is COc1cccc2[nH]c(C3=NCc4ccc(N5CCCC5=O)cc43)cc12. The molecule has 0 aliphatic carbocycles. The number of methoxy groups -OCH3 is 1. The Morgan fingerprint density at radius 1 is 1.19 bits per heavy atom. The minimum atomic E-state index is 0.205. The van der Waals surface area contributed by atoms with E-state index in [1.54, 1.807) is 7.11 Å². The summed E-state index contributed by atoms with van der Waals surface area (Å²) >= 11 is 0. The maximum Gasteiger partial charge on any atom is 0.227 e. The lowest BCUT2D eigenvalue weighted by Crippen LogP contribution is -2.23. The van der Waals surface area contributed by atoms with E-state index < -0.39 is 0 Å². The normalized spacial score (nSPS) is 16.3. The summed E-state index contributed by atoms with van der Waals surface area (Å²) in [6, 6.07) is 14.3. The summed E-state index contributed by atoms with van der Waals surface area (Å²) in [5.74, 6) is 1.05. The molecule has 1 fully saturated rings. The van der Waals surface area contributed by atoms with Crippen molar-refractivity contribution in [2.75, 3.05) is 18.6 Å². The Kier molecular flexibility index (Phi) is 3.35. The second-order valence-corrected chi connectivity index (χ2v) is 6.76. The molecule has 5 nitrogen and oxygen atoms in total. The molecule has 0 bridgehead atoms. The largest absolute Gasteiger partial charge is 0.496 e. The number of H-pyrrole nitrogens is 1. The Balaban J connectivity index is 1.58. The first-order chi connectivity index (χ1) is 12.7. The number of hydrogen-bond donors (Lipinski definition) is 1. The molecule has 2 aromatic carbocycles. The Bertz CT molecular complexity index is 1060. The lowest BCUT2D eigenvalue weighted by molar-refractivity contribution is -0.117. The van der Waals surface area contributed by atoms with Crippen LogP contribution < -0.4 is 9.64 Å². The van der Waals surface area contributed by atoms with Crippen molar-refractivity contribution in [3.8, 4) is 5.75 Å². The van der Waals surface area contributed by atoms with E-state index in [0.29, 0.717) is 13.0 Å². The molecular weight excluding hydrogens is 326 g/mol. The Labute approximate surface area is 151 Å². The van der Waals surface area contributed by atoms with Crippen LogP contribution in [0.2, 0.25) is 0 Å². The minimum absolute atomic E-state index is 0.205. The number of benzene rings is 2. The molecule has 0 saturated carbocycles. The van der Waals surface area contributed by atoms with Gasteiger partial charge in [0.15, 0.2) is 0 Å². The fourth-order valence-corrected chi connectivity index (χ4v) is 3.92. The first-order valence-electron chi connectivity index (χ1n) is 8.89. The molecule has 1 N–H and O–H groups in total. The van der Waals surface area contributed by atoms with E-state index in [4.69, 9.17) is 9.73 Å². The molecule has 0 radical (unpaired) electrons. The molecule has 3 heterocycles. The smallest absolute Gasteiger partial charge is 0.227 e. The van der Waals surface area contributed by atoms with Gasteiger partial charge < -0.3 is 14.6 Å². The van der Waals surface area contributed by atoms with Gasteiger partial charge in [-0.3, -0.25) is 9.79 Å². The van der Waals surface area contributed by atoms with Crippen LogP contribution in [-0.4, -0.2) is 30.3 Å². The second kappa shape index (κ2) is 5.73. The van der Waals surface area contributed by atoms with E-state index in [9.17, 15) is 4.79 Å². The van der Waals surface area contributed by atoms with Gasteiger partial charge in [0.2, 0.25) is 5.91 Å². The maximum atomic E-state index is 12.1. The van der Waals surface area contributed by atoms with E-state index in [1.165, 1.54) is 5.56 Å². The zero-order valence-electron chi connectivity index (χ0n) is 14.6. The number of anilines is 1. The molecular formula is C21H19N3O2. The van der Waals surface area contributed by atoms with Gasteiger partial charge in [0.25, 0.3) is 0 Å². The van der Waals surface area contributed by atoms with Crippen molar-refractivity contribution < 1.29 is 9.53 Å². The third-order valence-corrected chi connectivity index (χ3v) is 5.24. The molecule has 26 heavy (non-hydrogen) atoms. The van der Waals surface area contributed by atoms with Crippen LogP contribution in [-0.2, 0) is 11.3 Å². The van der Waals surface area contributed by atoms with Crippen LogP contribution in [0.4, 0.5) is 5.69 Å².